The van der Waals surface area contributed by atoms with E-state index >= 15 is 0 Å². The Labute approximate surface area is 167 Å². The fraction of sp³-hybridized carbons (Fsp3) is 0.409. The van der Waals surface area contributed by atoms with Gasteiger partial charge in [0.15, 0.2) is 5.96 Å². The second-order valence-corrected chi connectivity index (χ2v) is 7.62. The number of nitrogens with one attached hydrogen (secondary N) is 3. The number of hydrogen-bond acceptors (Lipinski definition) is 3. The van der Waals surface area contributed by atoms with Gasteiger partial charge < -0.3 is 16.0 Å². The second kappa shape index (κ2) is 10.4. The summed E-state index contributed by atoms with van der Waals surface area (Å²) >= 11 is 0. The molecule has 0 radical (unpaired) electrons. The maximum absolute atomic E-state index is 11.9. The SMILES string of the molecule is CN=C(NCCNC(=O)c1cccnc1)NCCc1ccc(C(C)(C)C)cc1. The van der Waals surface area contributed by atoms with Crippen molar-refractivity contribution in [1.29, 1.82) is 0 Å². The van der Waals surface area contributed by atoms with Crippen LogP contribution in [0.25, 0.3) is 0 Å². The van der Waals surface area contributed by atoms with Crippen LogP contribution in [0.3, 0.4) is 0 Å². The molecular formula is C22H31N5O. The molecule has 0 spiro atoms. The van der Waals surface area contributed by atoms with Crippen LogP contribution in [0, 0.1) is 0 Å². The first kappa shape index (κ1) is 21.4. The molecule has 0 bridgehead atoms. The lowest BCUT2D eigenvalue weighted by Crippen LogP contribution is -2.42. The highest BCUT2D eigenvalue weighted by Gasteiger charge is 2.12. The van der Waals surface area contributed by atoms with Gasteiger partial charge in [-0.1, -0.05) is 45.0 Å². The summed E-state index contributed by atoms with van der Waals surface area (Å²) in [5.74, 6) is 0.596. The zero-order valence-electron chi connectivity index (χ0n) is 17.2. The first-order chi connectivity index (χ1) is 13.4. The van der Waals surface area contributed by atoms with E-state index in [2.05, 4.69) is 71.0 Å². The number of benzene rings is 1. The molecule has 1 amide bonds. The van der Waals surface area contributed by atoms with Crippen LogP contribution in [0.4, 0.5) is 0 Å². The van der Waals surface area contributed by atoms with Crippen LogP contribution < -0.4 is 16.0 Å². The molecule has 0 aliphatic carbocycles. The number of nitrogens with zero attached hydrogens (tertiary/aromatic N) is 2. The third kappa shape index (κ3) is 7.02. The highest BCUT2D eigenvalue weighted by Crippen LogP contribution is 2.22. The third-order valence-corrected chi connectivity index (χ3v) is 4.38. The summed E-state index contributed by atoms with van der Waals surface area (Å²) in [5, 5.41) is 9.35. The van der Waals surface area contributed by atoms with Gasteiger partial charge in [0.1, 0.15) is 0 Å². The van der Waals surface area contributed by atoms with Crippen molar-refractivity contribution in [3.8, 4) is 0 Å². The summed E-state index contributed by atoms with van der Waals surface area (Å²) in [6, 6.07) is 12.3. The number of aromatic nitrogens is 1. The molecule has 0 unspecified atom stereocenters. The molecule has 1 aromatic heterocycles. The Morgan fingerprint density at radius 3 is 2.29 bits per heavy atom. The monoisotopic (exact) mass is 381 g/mol. The molecule has 28 heavy (non-hydrogen) atoms. The molecule has 150 valence electrons. The van der Waals surface area contributed by atoms with Crippen molar-refractivity contribution in [3.05, 3.63) is 65.5 Å². The number of amides is 1. The van der Waals surface area contributed by atoms with Crippen molar-refractivity contribution in [3.63, 3.8) is 0 Å². The summed E-state index contributed by atoms with van der Waals surface area (Å²) in [4.78, 5) is 20.1. The largest absolute Gasteiger partial charge is 0.356 e. The summed E-state index contributed by atoms with van der Waals surface area (Å²) in [5.41, 5.74) is 3.37. The number of aliphatic imine (C=N–C) groups is 1. The van der Waals surface area contributed by atoms with Crippen LogP contribution >= 0.6 is 0 Å². The average Bonchev–Trinajstić information content (AvgIpc) is 2.70. The topological polar surface area (TPSA) is 78.4 Å². The van der Waals surface area contributed by atoms with Gasteiger partial charge in [0.05, 0.1) is 5.56 Å². The lowest BCUT2D eigenvalue weighted by Gasteiger charge is -2.19. The van der Waals surface area contributed by atoms with Gasteiger partial charge in [-0.05, 0) is 35.1 Å². The first-order valence-electron chi connectivity index (χ1n) is 9.62. The zero-order valence-corrected chi connectivity index (χ0v) is 17.2. The number of hydrogen-bond donors (Lipinski definition) is 3. The molecule has 1 aromatic carbocycles. The molecule has 1 heterocycles. The molecule has 2 aromatic rings. The van der Waals surface area contributed by atoms with Crippen molar-refractivity contribution < 1.29 is 4.79 Å². The number of guanidine groups is 1. The number of carbonyl (C=O) groups excluding carboxylic acids is 1. The highest BCUT2D eigenvalue weighted by molar-refractivity contribution is 5.93. The molecular weight excluding hydrogens is 350 g/mol. The van der Waals surface area contributed by atoms with Crippen molar-refractivity contribution in [2.24, 2.45) is 4.99 Å². The second-order valence-electron chi connectivity index (χ2n) is 7.62. The number of carbonyl (C=O) groups is 1. The van der Waals surface area contributed by atoms with Crippen LogP contribution in [0.2, 0.25) is 0 Å². The number of rotatable bonds is 7. The normalized spacial score (nSPS) is 11.8. The van der Waals surface area contributed by atoms with E-state index in [0.29, 0.717) is 18.7 Å². The minimum atomic E-state index is -0.128. The van der Waals surface area contributed by atoms with E-state index in [-0.39, 0.29) is 11.3 Å². The predicted molar refractivity (Wildman–Crippen MR) is 115 cm³/mol. The van der Waals surface area contributed by atoms with Crippen LogP contribution in [0.5, 0.6) is 0 Å². The molecule has 0 atom stereocenters. The van der Waals surface area contributed by atoms with Crippen molar-refractivity contribution in [1.82, 2.24) is 20.9 Å². The lowest BCUT2D eigenvalue weighted by atomic mass is 9.86. The maximum Gasteiger partial charge on any atom is 0.252 e. The molecule has 0 saturated heterocycles. The van der Waals surface area contributed by atoms with Gasteiger partial charge in [0, 0.05) is 39.1 Å². The molecule has 3 N–H and O–H groups in total. The van der Waals surface area contributed by atoms with Gasteiger partial charge in [-0.3, -0.25) is 14.8 Å². The standard InChI is InChI=1S/C22H31N5O/c1-22(2,3)19-9-7-17(8-10-19)11-13-26-21(23-4)27-15-14-25-20(28)18-6-5-12-24-16-18/h5-10,12,16H,11,13-15H2,1-4H3,(H,25,28)(H2,23,26,27). The van der Waals surface area contributed by atoms with Crippen molar-refractivity contribution >= 4 is 11.9 Å². The number of pyridine rings is 1. The van der Waals surface area contributed by atoms with Gasteiger partial charge >= 0.3 is 0 Å². The van der Waals surface area contributed by atoms with Gasteiger partial charge in [0.25, 0.3) is 5.91 Å². The summed E-state index contributed by atoms with van der Waals surface area (Å²) in [7, 11) is 1.74. The van der Waals surface area contributed by atoms with E-state index in [0.717, 1.165) is 18.9 Å². The average molecular weight is 382 g/mol. The third-order valence-electron chi connectivity index (χ3n) is 4.38. The van der Waals surface area contributed by atoms with Gasteiger partial charge in [-0.2, -0.15) is 0 Å². The molecule has 0 fully saturated rings. The first-order valence-corrected chi connectivity index (χ1v) is 9.62. The Balaban J connectivity index is 1.67. The van der Waals surface area contributed by atoms with Crippen LogP contribution in [-0.4, -0.2) is 43.5 Å². The predicted octanol–water partition coefficient (Wildman–Crippen LogP) is 2.52. The van der Waals surface area contributed by atoms with E-state index in [1.807, 2.05) is 0 Å². The molecule has 2 rings (SSSR count). The fourth-order valence-corrected chi connectivity index (χ4v) is 2.67. The van der Waals surface area contributed by atoms with Crippen LogP contribution in [0.15, 0.2) is 53.8 Å². The molecule has 6 heteroatoms. The molecule has 6 nitrogen and oxygen atoms in total. The molecule has 0 saturated carbocycles. The Morgan fingerprint density at radius 1 is 1.00 bits per heavy atom. The van der Waals surface area contributed by atoms with Gasteiger partial charge in [-0.25, -0.2) is 0 Å². The zero-order chi connectivity index (χ0) is 20.4. The minimum absolute atomic E-state index is 0.128. The minimum Gasteiger partial charge on any atom is -0.356 e. The Morgan fingerprint density at radius 2 is 1.68 bits per heavy atom. The quantitative estimate of drug-likeness (QED) is 0.391. The van der Waals surface area contributed by atoms with E-state index in [4.69, 9.17) is 0 Å². The van der Waals surface area contributed by atoms with E-state index < -0.39 is 0 Å². The van der Waals surface area contributed by atoms with Crippen molar-refractivity contribution in [2.75, 3.05) is 26.7 Å². The lowest BCUT2D eigenvalue weighted by molar-refractivity contribution is 0.0954. The summed E-state index contributed by atoms with van der Waals surface area (Å²) in [6.45, 7) is 8.54. The van der Waals surface area contributed by atoms with E-state index in [1.165, 1.54) is 11.1 Å². The Kier molecular flexibility index (Phi) is 7.99. The Bertz CT molecular complexity index is 764. The Hall–Kier alpha value is -2.89. The van der Waals surface area contributed by atoms with Crippen LogP contribution in [0.1, 0.15) is 42.3 Å². The van der Waals surface area contributed by atoms with Gasteiger partial charge in [-0.15, -0.1) is 0 Å². The smallest absolute Gasteiger partial charge is 0.252 e. The molecule has 0 aliphatic heterocycles. The fourth-order valence-electron chi connectivity index (χ4n) is 2.67. The summed E-state index contributed by atoms with van der Waals surface area (Å²) in [6.07, 6.45) is 4.12. The van der Waals surface area contributed by atoms with Crippen LogP contribution in [-0.2, 0) is 11.8 Å². The van der Waals surface area contributed by atoms with E-state index in [1.54, 1.807) is 31.6 Å². The highest BCUT2D eigenvalue weighted by atomic mass is 16.1. The molecule has 0 aliphatic rings. The van der Waals surface area contributed by atoms with Gasteiger partial charge in [0.2, 0.25) is 0 Å². The summed E-state index contributed by atoms with van der Waals surface area (Å²) < 4.78 is 0. The van der Waals surface area contributed by atoms with E-state index in [9.17, 15) is 4.79 Å². The van der Waals surface area contributed by atoms with Crippen molar-refractivity contribution in [2.45, 2.75) is 32.6 Å². The maximum atomic E-state index is 11.9.